The van der Waals surface area contributed by atoms with Gasteiger partial charge in [-0.05, 0) is 13.0 Å². The minimum atomic E-state index is -0.837. The zero-order chi connectivity index (χ0) is 13.6. The maximum atomic E-state index is 10.8. The van der Waals surface area contributed by atoms with Gasteiger partial charge in [-0.2, -0.15) is 0 Å². The molecule has 4 nitrogen and oxygen atoms in total. The molecule has 0 aromatic carbocycles. The van der Waals surface area contributed by atoms with Gasteiger partial charge >= 0.3 is 5.97 Å². The van der Waals surface area contributed by atoms with Crippen LogP contribution in [0.4, 0.5) is 0 Å². The fourth-order valence-corrected chi connectivity index (χ4v) is 1.92. The van der Waals surface area contributed by atoms with Crippen molar-refractivity contribution in [1.82, 2.24) is 5.32 Å². The van der Waals surface area contributed by atoms with E-state index in [-0.39, 0.29) is 6.61 Å². The standard InChI is InChI=1S/C14H29NO3/c1-3-4-5-6-7-8-9-10-11-15-13(12-18-2)14(16)17/h13,15H,3-12H2,1-2H3,(H,16,17). The van der Waals surface area contributed by atoms with Crippen molar-refractivity contribution in [2.75, 3.05) is 20.3 Å². The SMILES string of the molecule is CCCCCCCCCCNC(COC)C(=O)O. The van der Waals surface area contributed by atoms with E-state index in [1.807, 2.05) is 0 Å². The summed E-state index contributed by atoms with van der Waals surface area (Å²) in [6.45, 7) is 3.21. The van der Waals surface area contributed by atoms with Crippen molar-refractivity contribution in [3.05, 3.63) is 0 Å². The second-order valence-electron chi connectivity index (χ2n) is 4.78. The smallest absolute Gasteiger partial charge is 0.323 e. The van der Waals surface area contributed by atoms with Gasteiger partial charge in [0.15, 0.2) is 0 Å². The minimum absolute atomic E-state index is 0.229. The molecule has 0 rings (SSSR count). The van der Waals surface area contributed by atoms with Crippen LogP contribution in [0, 0.1) is 0 Å². The maximum absolute atomic E-state index is 10.8. The minimum Gasteiger partial charge on any atom is -0.480 e. The molecule has 4 heteroatoms. The number of aliphatic carboxylic acids is 1. The molecule has 0 fully saturated rings. The Labute approximate surface area is 111 Å². The number of carboxylic acids is 1. The molecule has 0 aromatic rings. The van der Waals surface area contributed by atoms with E-state index in [0.717, 1.165) is 13.0 Å². The van der Waals surface area contributed by atoms with E-state index in [0.29, 0.717) is 0 Å². The Kier molecular flexibility index (Phi) is 12.4. The monoisotopic (exact) mass is 259 g/mol. The molecular weight excluding hydrogens is 230 g/mol. The Morgan fingerprint density at radius 2 is 1.67 bits per heavy atom. The average Bonchev–Trinajstić information content (AvgIpc) is 2.35. The molecule has 0 spiro atoms. The summed E-state index contributed by atoms with van der Waals surface area (Å²) in [7, 11) is 1.52. The molecule has 0 heterocycles. The first-order chi connectivity index (χ1) is 8.72. The van der Waals surface area contributed by atoms with E-state index in [1.54, 1.807) is 0 Å². The number of carbonyl (C=O) groups is 1. The molecule has 0 saturated carbocycles. The zero-order valence-electron chi connectivity index (χ0n) is 11.9. The lowest BCUT2D eigenvalue weighted by Gasteiger charge is -2.13. The first-order valence-electron chi connectivity index (χ1n) is 7.17. The van der Waals surface area contributed by atoms with E-state index in [1.165, 1.54) is 52.1 Å². The maximum Gasteiger partial charge on any atom is 0.323 e. The van der Waals surface area contributed by atoms with Crippen molar-refractivity contribution in [1.29, 1.82) is 0 Å². The van der Waals surface area contributed by atoms with Crippen molar-refractivity contribution in [3.63, 3.8) is 0 Å². The Bertz CT molecular complexity index is 197. The number of carboxylic acid groups (broad SMARTS) is 1. The van der Waals surface area contributed by atoms with Crippen LogP contribution in [0.5, 0.6) is 0 Å². The predicted octanol–water partition coefficient (Wildman–Crippen LogP) is 2.82. The topological polar surface area (TPSA) is 58.6 Å². The molecule has 1 atom stereocenters. The van der Waals surface area contributed by atoms with E-state index in [4.69, 9.17) is 9.84 Å². The number of unbranched alkanes of at least 4 members (excludes halogenated alkanes) is 7. The Morgan fingerprint density at radius 3 is 2.17 bits per heavy atom. The van der Waals surface area contributed by atoms with E-state index in [9.17, 15) is 4.79 Å². The lowest BCUT2D eigenvalue weighted by Crippen LogP contribution is -2.40. The second kappa shape index (κ2) is 12.8. The highest BCUT2D eigenvalue weighted by atomic mass is 16.5. The summed E-state index contributed by atoms with van der Waals surface area (Å²) in [4.78, 5) is 10.8. The van der Waals surface area contributed by atoms with Gasteiger partial charge in [0.05, 0.1) is 6.61 Å². The number of nitrogens with one attached hydrogen (secondary N) is 1. The van der Waals surface area contributed by atoms with Gasteiger partial charge in [-0.3, -0.25) is 4.79 Å². The highest BCUT2D eigenvalue weighted by Crippen LogP contribution is 2.07. The quantitative estimate of drug-likeness (QED) is 0.499. The first-order valence-corrected chi connectivity index (χ1v) is 7.17. The molecule has 18 heavy (non-hydrogen) atoms. The van der Waals surface area contributed by atoms with Gasteiger partial charge in [-0.25, -0.2) is 0 Å². The van der Waals surface area contributed by atoms with Crippen LogP contribution in [0.3, 0.4) is 0 Å². The van der Waals surface area contributed by atoms with Gasteiger partial charge in [0.2, 0.25) is 0 Å². The number of hydrogen-bond donors (Lipinski definition) is 2. The molecule has 0 radical (unpaired) electrons. The highest BCUT2D eigenvalue weighted by molar-refractivity contribution is 5.73. The van der Waals surface area contributed by atoms with Crippen molar-refractivity contribution in [2.24, 2.45) is 0 Å². The van der Waals surface area contributed by atoms with Crippen molar-refractivity contribution in [3.8, 4) is 0 Å². The first kappa shape index (κ1) is 17.4. The summed E-state index contributed by atoms with van der Waals surface area (Å²) in [5, 5.41) is 11.9. The number of methoxy groups -OCH3 is 1. The normalized spacial score (nSPS) is 12.6. The molecule has 0 aliphatic carbocycles. The molecule has 2 N–H and O–H groups in total. The van der Waals surface area contributed by atoms with E-state index >= 15 is 0 Å². The van der Waals surface area contributed by atoms with E-state index in [2.05, 4.69) is 12.2 Å². The molecular formula is C14H29NO3. The predicted molar refractivity (Wildman–Crippen MR) is 73.9 cm³/mol. The molecule has 1 unspecified atom stereocenters. The van der Waals surface area contributed by atoms with Crippen molar-refractivity contribution >= 4 is 5.97 Å². The van der Waals surface area contributed by atoms with Gasteiger partial charge < -0.3 is 15.2 Å². The Hall–Kier alpha value is -0.610. The zero-order valence-corrected chi connectivity index (χ0v) is 11.9. The van der Waals surface area contributed by atoms with Crippen LogP contribution in [0.25, 0.3) is 0 Å². The lowest BCUT2D eigenvalue weighted by atomic mass is 10.1. The summed E-state index contributed by atoms with van der Waals surface area (Å²) in [6, 6.07) is -0.570. The van der Waals surface area contributed by atoms with Crippen LogP contribution >= 0.6 is 0 Å². The summed E-state index contributed by atoms with van der Waals surface area (Å²) in [5.41, 5.74) is 0. The van der Waals surface area contributed by atoms with Gasteiger partial charge in [0, 0.05) is 7.11 Å². The fourth-order valence-electron chi connectivity index (χ4n) is 1.92. The van der Waals surface area contributed by atoms with Gasteiger partial charge in [-0.1, -0.05) is 51.9 Å². The van der Waals surface area contributed by atoms with Crippen molar-refractivity contribution in [2.45, 2.75) is 64.3 Å². The number of hydrogen-bond acceptors (Lipinski definition) is 3. The molecule has 0 aliphatic heterocycles. The van der Waals surface area contributed by atoms with Gasteiger partial charge in [0.1, 0.15) is 6.04 Å². The van der Waals surface area contributed by atoms with Crippen LogP contribution in [-0.4, -0.2) is 37.4 Å². The summed E-state index contributed by atoms with van der Waals surface area (Å²) < 4.78 is 4.86. The van der Waals surface area contributed by atoms with Gasteiger partial charge in [-0.15, -0.1) is 0 Å². The number of ether oxygens (including phenoxy) is 1. The summed E-state index contributed by atoms with van der Waals surface area (Å²) in [5.74, 6) is -0.837. The average molecular weight is 259 g/mol. The van der Waals surface area contributed by atoms with Crippen LogP contribution in [0.2, 0.25) is 0 Å². The molecule has 108 valence electrons. The van der Waals surface area contributed by atoms with Crippen LogP contribution < -0.4 is 5.32 Å². The Balaban J connectivity index is 3.30. The molecule has 0 aliphatic rings. The molecule has 0 bridgehead atoms. The third-order valence-corrected chi connectivity index (χ3v) is 3.05. The van der Waals surface area contributed by atoms with Crippen LogP contribution in [0.1, 0.15) is 58.3 Å². The second-order valence-corrected chi connectivity index (χ2v) is 4.78. The molecule has 0 amide bonds. The van der Waals surface area contributed by atoms with Crippen LogP contribution in [-0.2, 0) is 9.53 Å². The molecule has 0 saturated heterocycles. The highest BCUT2D eigenvalue weighted by Gasteiger charge is 2.15. The largest absolute Gasteiger partial charge is 0.480 e. The molecule has 0 aromatic heterocycles. The Morgan fingerprint density at radius 1 is 1.11 bits per heavy atom. The van der Waals surface area contributed by atoms with Crippen molar-refractivity contribution < 1.29 is 14.6 Å². The van der Waals surface area contributed by atoms with E-state index < -0.39 is 12.0 Å². The number of rotatable bonds is 13. The van der Waals surface area contributed by atoms with Crippen LogP contribution in [0.15, 0.2) is 0 Å². The lowest BCUT2D eigenvalue weighted by molar-refractivity contribution is -0.140. The fraction of sp³-hybridized carbons (Fsp3) is 0.929. The van der Waals surface area contributed by atoms with Gasteiger partial charge in [0.25, 0.3) is 0 Å². The third kappa shape index (κ3) is 10.5. The summed E-state index contributed by atoms with van der Waals surface area (Å²) >= 11 is 0. The summed E-state index contributed by atoms with van der Waals surface area (Å²) in [6.07, 6.45) is 10.1. The third-order valence-electron chi connectivity index (χ3n) is 3.05.